The number of rotatable bonds is 1. The van der Waals surface area contributed by atoms with Crippen molar-refractivity contribution in [3.63, 3.8) is 0 Å². The van der Waals surface area contributed by atoms with Crippen LogP contribution in [0.4, 0.5) is 0 Å². The molecular formula is C14H20N2S. The number of aromatic nitrogens is 1. The maximum Gasteiger partial charge on any atom is 0.0843 e. The molecule has 1 fully saturated rings. The third-order valence-corrected chi connectivity index (χ3v) is 3.99. The van der Waals surface area contributed by atoms with E-state index in [1.165, 1.54) is 22.2 Å². The number of benzene rings is 1. The zero-order valence-corrected chi connectivity index (χ0v) is 11.6. The highest BCUT2D eigenvalue weighted by Gasteiger charge is 2.17. The predicted octanol–water partition coefficient (Wildman–Crippen LogP) is 3.71. The van der Waals surface area contributed by atoms with Crippen molar-refractivity contribution in [1.29, 1.82) is 0 Å². The van der Waals surface area contributed by atoms with Crippen molar-refractivity contribution in [3.05, 3.63) is 28.6 Å². The monoisotopic (exact) mass is 248 g/mol. The van der Waals surface area contributed by atoms with E-state index in [-0.39, 0.29) is 0 Å². The summed E-state index contributed by atoms with van der Waals surface area (Å²) in [6, 6.07) is 6.72. The van der Waals surface area contributed by atoms with Crippen molar-refractivity contribution < 1.29 is 0 Å². The van der Waals surface area contributed by atoms with E-state index in [0.717, 1.165) is 18.6 Å². The summed E-state index contributed by atoms with van der Waals surface area (Å²) in [5.41, 5.74) is 2.61. The van der Waals surface area contributed by atoms with Gasteiger partial charge in [0.15, 0.2) is 0 Å². The first-order valence-corrected chi connectivity index (χ1v) is 7.18. The molecule has 1 N–H and O–H groups in total. The standard InChI is InChI=1S/C12H14N2S.C2H6/c1-8-11-6-9(10-4-5-13-7-10)2-3-12(11)14-15-8;1-2/h2-3,6,10,13H,4-5,7H2,1H3;1-2H3. The normalized spacial score (nSPS) is 19.1. The van der Waals surface area contributed by atoms with Gasteiger partial charge in [0, 0.05) is 16.8 Å². The van der Waals surface area contributed by atoms with Gasteiger partial charge in [-0.15, -0.1) is 0 Å². The molecule has 0 amide bonds. The molecule has 0 bridgehead atoms. The summed E-state index contributed by atoms with van der Waals surface area (Å²) in [6.45, 7) is 8.43. The maximum absolute atomic E-state index is 4.41. The second-order valence-electron chi connectivity index (χ2n) is 4.21. The highest BCUT2D eigenvalue weighted by molar-refractivity contribution is 7.07. The van der Waals surface area contributed by atoms with Gasteiger partial charge in [-0.1, -0.05) is 19.9 Å². The molecular weight excluding hydrogens is 228 g/mol. The Bertz CT molecular complexity index is 484. The van der Waals surface area contributed by atoms with Crippen LogP contribution in [0.3, 0.4) is 0 Å². The van der Waals surface area contributed by atoms with Gasteiger partial charge >= 0.3 is 0 Å². The lowest BCUT2D eigenvalue weighted by atomic mass is 9.97. The molecule has 1 aliphatic rings. The van der Waals surface area contributed by atoms with Crippen molar-refractivity contribution >= 4 is 22.4 Å². The minimum absolute atomic E-state index is 0.702. The fourth-order valence-electron chi connectivity index (χ4n) is 2.28. The third kappa shape index (κ3) is 2.50. The number of fused-ring (bicyclic) bond motifs is 1. The highest BCUT2D eigenvalue weighted by Crippen LogP contribution is 2.28. The fraction of sp³-hybridized carbons (Fsp3) is 0.500. The van der Waals surface area contributed by atoms with Crippen molar-refractivity contribution in [3.8, 4) is 0 Å². The summed E-state index contributed by atoms with van der Waals surface area (Å²) < 4.78 is 4.41. The van der Waals surface area contributed by atoms with Gasteiger partial charge in [-0.25, -0.2) is 0 Å². The third-order valence-electron chi connectivity index (χ3n) is 3.21. The minimum atomic E-state index is 0.702. The molecule has 1 saturated heterocycles. The lowest BCUT2D eigenvalue weighted by molar-refractivity contribution is 0.764. The first-order chi connectivity index (χ1) is 8.34. The summed E-state index contributed by atoms with van der Waals surface area (Å²) in [6.07, 6.45) is 1.27. The van der Waals surface area contributed by atoms with Crippen LogP contribution in [0.25, 0.3) is 10.9 Å². The Balaban J connectivity index is 0.000000514. The van der Waals surface area contributed by atoms with Gasteiger partial charge in [0.1, 0.15) is 0 Å². The average Bonchev–Trinajstić information content (AvgIpc) is 3.02. The molecule has 92 valence electrons. The second kappa shape index (κ2) is 5.61. The summed E-state index contributed by atoms with van der Waals surface area (Å²) in [4.78, 5) is 1.33. The molecule has 2 aromatic rings. The van der Waals surface area contributed by atoms with Gasteiger partial charge in [-0.3, -0.25) is 0 Å². The Morgan fingerprint density at radius 3 is 2.88 bits per heavy atom. The largest absolute Gasteiger partial charge is 0.316 e. The highest BCUT2D eigenvalue weighted by atomic mass is 32.1. The van der Waals surface area contributed by atoms with Crippen molar-refractivity contribution in [2.75, 3.05) is 13.1 Å². The van der Waals surface area contributed by atoms with Gasteiger partial charge in [0.2, 0.25) is 0 Å². The van der Waals surface area contributed by atoms with Crippen molar-refractivity contribution in [2.45, 2.75) is 33.1 Å². The number of nitrogens with one attached hydrogen (secondary N) is 1. The molecule has 2 nitrogen and oxygen atoms in total. The van der Waals surface area contributed by atoms with E-state index in [9.17, 15) is 0 Å². The van der Waals surface area contributed by atoms with Crippen LogP contribution in [-0.4, -0.2) is 17.5 Å². The molecule has 0 radical (unpaired) electrons. The van der Waals surface area contributed by atoms with Crippen LogP contribution in [0.2, 0.25) is 0 Å². The van der Waals surface area contributed by atoms with Gasteiger partial charge in [-0.05, 0) is 55.0 Å². The first-order valence-electron chi connectivity index (χ1n) is 6.41. The van der Waals surface area contributed by atoms with Crippen LogP contribution in [0.15, 0.2) is 18.2 Å². The molecule has 1 aromatic heterocycles. The Labute approximate surface area is 107 Å². The van der Waals surface area contributed by atoms with Crippen LogP contribution in [0.1, 0.15) is 36.6 Å². The summed E-state index contributed by atoms with van der Waals surface area (Å²) >= 11 is 1.60. The van der Waals surface area contributed by atoms with Gasteiger partial charge < -0.3 is 5.32 Å². The maximum atomic E-state index is 4.41. The Kier molecular flexibility index (Phi) is 4.13. The van der Waals surface area contributed by atoms with E-state index in [1.54, 1.807) is 11.5 Å². The molecule has 0 spiro atoms. The SMILES string of the molecule is CC.Cc1snc2ccc(C3CCNC3)cc12. The average molecular weight is 248 g/mol. The number of hydrogen-bond donors (Lipinski definition) is 1. The molecule has 17 heavy (non-hydrogen) atoms. The molecule has 2 heterocycles. The van der Waals surface area contributed by atoms with Crippen LogP contribution < -0.4 is 5.32 Å². The quantitative estimate of drug-likeness (QED) is 0.832. The fourth-order valence-corrected chi connectivity index (χ4v) is 2.93. The zero-order valence-electron chi connectivity index (χ0n) is 10.8. The van der Waals surface area contributed by atoms with Crippen LogP contribution in [0, 0.1) is 6.92 Å². The van der Waals surface area contributed by atoms with Crippen LogP contribution in [0.5, 0.6) is 0 Å². The molecule has 3 rings (SSSR count). The summed E-state index contributed by atoms with van der Waals surface area (Å²) in [5, 5.41) is 4.75. The van der Waals surface area contributed by atoms with E-state index in [4.69, 9.17) is 0 Å². The van der Waals surface area contributed by atoms with Gasteiger partial charge in [0.25, 0.3) is 0 Å². The molecule has 1 atom stereocenters. The van der Waals surface area contributed by atoms with E-state index in [0.29, 0.717) is 5.92 Å². The lowest BCUT2D eigenvalue weighted by Gasteiger charge is -2.08. The smallest absolute Gasteiger partial charge is 0.0843 e. The summed E-state index contributed by atoms with van der Waals surface area (Å²) in [5.74, 6) is 0.702. The number of hydrogen-bond acceptors (Lipinski definition) is 3. The molecule has 1 unspecified atom stereocenters. The Morgan fingerprint density at radius 1 is 1.35 bits per heavy atom. The van der Waals surface area contributed by atoms with E-state index < -0.39 is 0 Å². The first kappa shape index (κ1) is 12.5. The molecule has 3 heteroatoms. The minimum Gasteiger partial charge on any atom is -0.316 e. The molecule has 0 aliphatic carbocycles. The number of aryl methyl sites for hydroxylation is 1. The zero-order chi connectivity index (χ0) is 12.3. The Morgan fingerprint density at radius 2 is 2.18 bits per heavy atom. The van der Waals surface area contributed by atoms with Gasteiger partial charge in [0.05, 0.1) is 5.52 Å². The van der Waals surface area contributed by atoms with Crippen LogP contribution in [-0.2, 0) is 0 Å². The topological polar surface area (TPSA) is 24.9 Å². The lowest BCUT2D eigenvalue weighted by Crippen LogP contribution is -2.07. The van der Waals surface area contributed by atoms with Crippen LogP contribution >= 0.6 is 11.5 Å². The van der Waals surface area contributed by atoms with Gasteiger partial charge in [-0.2, -0.15) is 4.37 Å². The van der Waals surface area contributed by atoms with Crippen molar-refractivity contribution in [1.82, 2.24) is 9.69 Å². The molecule has 0 saturated carbocycles. The summed E-state index contributed by atoms with van der Waals surface area (Å²) in [7, 11) is 0. The van der Waals surface area contributed by atoms with E-state index in [2.05, 4.69) is 34.8 Å². The molecule has 1 aromatic carbocycles. The number of nitrogens with zero attached hydrogens (tertiary/aromatic N) is 1. The van der Waals surface area contributed by atoms with E-state index in [1.807, 2.05) is 13.8 Å². The Hall–Kier alpha value is -0.930. The second-order valence-corrected chi connectivity index (χ2v) is 5.18. The predicted molar refractivity (Wildman–Crippen MR) is 75.9 cm³/mol. The van der Waals surface area contributed by atoms with E-state index >= 15 is 0 Å². The molecule has 1 aliphatic heterocycles. The van der Waals surface area contributed by atoms with Crippen molar-refractivity contribution in [2.24, 2.45) is 0 Å².